The van der Waals surface area contributed by atoms with Crippen molar-refractivity contribution in [2.75, 3.05) is 13.1 Å². The number of hydrogen-bond donors (Lipinski definition) is 0. The third-order valence-corrected chi connectivity index (χ3v) is 6.06. The number of nitrogens with zero attached hydrogens (tertiary/aromatic N) is 1. The summed E-state index contributed by atoms with van der Waals surface area (Å²) in [6, 6.07) is 10.9. The summed E-state index contributed by atoms with van der Waals surface area (Å²) in [5.41, 5.74) is 1.04. The van der Waals surface area contributed by atoms with Gasteiger partial charge in [-0.2, -0.15) is 4.31 Å². The second kappa shape index (κ2) is 7.99. The van der Waals surface area contributed by atoms with E-state index >= 15 is 0 Å². The maximum atomic E-state index is 12.6. The maximum Gasteiger partial charge on any atom is 0.343 e. The fraction of sp³-hybridized carbons (Fsp3) is 0.278. The van der Waals surface area contributed by atoms with Gasteiger partial charge in [-0.3, -0.25) is 0 Å². The van der Waals surface area contributed by atoms with Crippen LogP contribution in [0.2, 0.25) is 5.02 Å². The summed E-state index contributed by atoms with van der Waals surface area (Å²) >= 11 is 6.03. The van der Waals surface area contributed by atoms with Gasteiger partial charge in [-0.25, -0.2) is 13.2 Å². The van der Waals surface area contributed by atoms with Crippen LogP contribution in [0.15, 0.2) is 47.4 Å². The molecule has 0 aromatic heterocycles. The molecule has 7 heteroatoms. The van der Waals surface area contributed by atoms with E-state index in [1.807, 2.05) is 6.92 Å². The third-order valence-electron chi connectivity index (χ3n) is 3.70. The molecule has 0 amide bonds. The van der Waals surface area contributed by atoms with Crippen LogP contribution in [-0.2, 0) is 10.0 Å². The van der Waals surface area contributed by atoms with Crippen molar-refractivity contribution < 1.29 is 17.9 Å². The highest BCUT2D eigenvalue weighted by molar-refractivity contribution is 7.89. The zero-order valence-electron chi connectivity index (χ0n) is 14.3. The minimum Gasteiger partial charge on any atom is -0.421 e. The lowest BCUT2D eigenvalue weighted by atomic mass is 10.2. The van der Waals surface area contributed by atoms with Gasteiger partial charge in [0.15, 0.2) is 0 Å². The van der Waals surface area contributed by atoms with Crippen molar-refractivity contribution in [3.63, 3.8) is 0 Å². The smallest absolute Gasteiger partial charge is 0.343 e. The molecule has 25 heavy (non-hydrogen) atoms. The monoisotopic (exact) mass is 381 g/mol. The molecule has 0 saturated carbocycles. The van der Waals surface area contributed by atoms with E-state index < -0.39 is 16.0 Å². The molecule has 2 rings (SSSR count). The molecule has 0 aliphatic carbocycles. The minimum atomic E-state index is -3.65. The SMILES string of the molecule is CCN(CC)S(=O)(=O)c1cccc(C(=O)Oc2cc(C)ccc2Cl)c1. The number of carbonyl (C=O) groups excluding carboxylic acids is 1. The lowest BCUT2D eigenvalue weighted by molar-refractivity contribution is 0.0734. The Labute approximate surface area is 153 Å². The summed E-state index contributed by atoms with van der Waals surface area (Å²) in [6.07, 6.45) is 0. The van der Waals surface area contributed by atoms with Gasteiger partial charge in [-0.15, -0.1) is 0 Å². The molecule has 0 atom stereocenters. The molecule has 0 aliphatic rings. The first kappa shape index (κ1) is 19.4. The third kappa shape index (κ3) is 4.39. The summed E-state index contributed by atoms with van der Waals surface area (Å²) in [5, 5.41) is 0.311. The van der Waals surface area contributed by atoms with Crippen molar-refractivity contribution in [1.29, 1.82) is 0 Å². The Morgan fingerprint density at radius 2 is 1.80 bits per heavy atom. The van der Waals surface area contributed by atoms with E-state index in [9.17, 15) is 13.2 Å². The van der Waals surface area contributed by atoms with Crippen molar-refractivity contribution in [3.8, 4) is 5.75 Å². The highest BCUT2D eigenvalue weighted by Crippen LogP contribution is 2.26. The number of esters is 1. The van der Waals surface area contributed by atoms with Gasteiger partial charge in [-0.1, -0.05) is 37.6 Å². The van der Waals surface area contributed by atoms with Gasteiger partial charge < -0.3 is 4.74 Å². The van der Waals surface area contributed by atoms with Crippen LogP contribution in [0.3, 0.4) is 0 Å². The first-order chi connectivity index (χ1) is 11.8. The number of rotatable bonds is 6. The van der Waals surface area contributed by atoms with Crippen molar-refractivity contribution >= 4 is 27.6 Å². The van der Waals surface area contributed by atoms with Crippen LogP contribution in [0.25, 0.3) is 0 Å². The molecule has 0 saturated heterocycles. The van der Waals surface area contributed by atoms with Crippen LogP contribution >= 0.6 is 11.6 Å². The van der Waals surface area contributed by atoms with E-state index in [-0.39, 0.29) is 16.2 Å². The Kier molecular flexibility index (Phi) is 6.21. The van der Waals surface area contributed by atoms with Gasteiger partial charge >= 0.3 is 5.97 Å². The molecule has 0 radical (unpaired) electrons. The Bertz CT molecular complexity index is 876. The topological polar surface area (TPSA) is 63.7 Å². The quantitative estimate of drug-likeness (QED) is 0.562. The number of aryl methyl sites for hydroxylation is 1. The van der Waals surface area contributed by atoms with Crippen LogP contribution in [0.1, 0.15) is 29.8 Å². The van der Waals surface area contributed by atoms with Gasteiger partial charge in [0.1, 0.15) is 5.75 Å². The molecule has 5 nitrogen and oxygen atoms in total. The highest BCUT2D eigenvalue weighted by atomic mass is 35.5. The number of carbonyl (C=O) groups is 1. The van der Waals surface area contributed by atoms with E-state index in [1.165, 1.54) is 28.6 Å². The molecular weight excluding hydrogens is 362 g/mol. The molecule has 0 spiro atoms. The second-order valence-corrected chi connectivity index (χ2v) is 7.79. The summed E-state index contributed by atoms with van der Waals surface area (Å²) in [5.74, 6) is -0.423. The van der Waals surface area contributed by atoms with E-state index in [2.05, 4.69) is 0 Å². The summed E-state index contributed by atoms with van der Waals surface area (Å²) in [4.78, 5) is 12.4. The fourth-order valence-corrected chi connectivity index (χ4v) is 4.00. The minimum absolute atomic E-state index is 0.0565. The Morgan fingerprint density at radius 1 is 1.12 bits per heavy atom. The second-order valence-electron chi connectivity index (χ2n) is 5.44. The predicted molar refractivity (Wildman–Crippen MR) is 97.7 cm³/mol. The normalized spacial score (nSPS) is 11.6. The van der Waals surface area contributed by atoms with Crippen LogP contribution in [0.4, 0.5) is 0 Å². The van der Waals surface area contributed by atoms with E-state index in [4.69, 9.17) is 16.3 Å². The first-order valence-electron chi connectivity index (χ1n) is 7.88. The van der Waals surface area contributed by atoms with Crippen LogP contribution < -0.4 is 4.74 Å². The molecular formula is C18H20ClNO4S. The molecule has 2 aromatic carbocycles. The molecule has 134 valence electrons. The van der Waals surface area contributed by atoms with Gasteiger partial charge in [0, 0.05) is 13.1 Å². The van der Waals surface area contributed by atoms with Gasteiger partial charge in [0.05, 0.1) is 15.5 Å². The highest BCUT2D eigenvalue weighted by Gasteiger charge is 2.23. The Morgan fingerprint density at radius 3 is 2.44 bits per heavy atom. The van der Waals surface area contributed by atoms with Crippen molar-refractivity contribution in [3.05, 3.63) is 58.6 Å². The number of benzene rings is 2. The van der Waals surface area contributed by atoms with Gasteiger partial charge in [0.2, 0.25) is 10.0 Å². The van der Waals surface area contributed by atoms with Crippen LogP contribution in [0, 0.1) is 6.92 Å². The Balaban J connectivity index is 2.32. The van der Waals surface area contributed by atoms with E-state index in [1.54, 1.807) is 32.0 Å². The number of hydrogen-bond acceptors (Lipinski definition) is 4. The zero-order valence-corrected chi connectivity index (χ0v) is 15.9. The van der Waals surface area contributed by atoms with E-state index in [0.717, 1.165) is 5.56 Å². The average molecular weight is 382 g/mol. The number of sulfonamides is 1. The average Bonchev–Trinajstić information content (AvgIpc) is 2.59. The number of halogens is 1. The van der Waals surface area contributed by atoms with Gasteiger partial charge in [-0.05, 0) is 42.8 Å². The molecule has 0 N–H and O–H groups in total. The fourth-order valence-electron chi connectivity index (χ4n) is 2.34. The zero-order chi connectivity index (χ0) is 18.6. The lowest BCUT2D eigenvalue weighted by Crippen LogP contribution is -2.30. The molecule has 0 fully saturated rings. The maximum absolute atomic E-state index is 12.6. The molecule has 2 aromatic rings. The molecule has 0 unspecified atom stereocenters. The van der Waals surface area contributed by atoms with E-state index in [0.29, 0.717) is 18.1 Å². The van der Waals surface area contributed by atoms with Crippen molar-refractivity contribution in [2.45, 2.75) is 25.7 Å². The predicted octanol–water partition coefficient (Wildman–Crippen LogP) is 3.90. The van der Waals surface area contributed by atoms with Crippen molar-refractivity contribution in [2.24, 2.45) is 0 Å². The molecule has 0 bridgehead atoms. The Hall–Kier alpha value is -1.89. The standard InChI is InChI=1S/C18H20ClNO4S/c1-4-20(5-2)25(22,23)15-8-6-7-14(12-15)18(21)24-17-11-13(3)9-10-16(17)19/h6-12H,4-5H2,1-3H3. The largest absolute Gasteiger partial charge is 0.421 e. The van der Waals surface area contributed by atoms with Gasteiger partial charge in [0.25, 0.3) is 0 Å². The summed E-state index contributed by atoms with van der Waals surface area (Å²) in [6.45, 7) is 6.08. The van der Waals surface area contributed by atoms with Crippen molar-refractivity contribution in [1.82, 2.24) is 4.31 Å². The first-order valence-corrected chi connectivity index (χ1v) is 9.70. The lowest BCUT2D eigenvalue weighted by Gasteiger charge is -2.18. The summed E-state index contributed by atoms with van der Waals surface area (Å²) < 4.78 is 31.8. The molecule has 0 heterocycles. The summed E-state index contributed by atoms with van der Waals surface area (Å²) in [7, 11) is -3.65. The number of ether oxygens (including phenoxy) is 1. The van der Waals surface area contributed by atoms with Crippen LogP contribution in [-0.4, -0.2) is 31.8 Å². The molecule has 0 aliphatic heterocycles. The van der Waals surface area contributed by atoms with Crippen LogP contribution in [0.5, 0.6) is 5.75 Å².